The van der Waals surface area contributed by atoms with E-state index in [4.69, 9.17) is 25.8 Å². The topological polar surface area (TPSA) is 65.1 Å². The number of methoxy groups -OCH3 is 3. The molecule has 0 aromatic heterocycles. The minimum Gasteiger partial charge on any atom is -0.493 e. The fraction of sp³-hybridized carbons (Fsp3) is 0.143. The van der Waals surface area contributed by atoms with E-state index in [0.29, 0.717) is 39.0 Å². The molecule has 3 aromatic rings. The summed E-state index contributed by atoms with van der Waals surface area (Å²) in [6, 6.07) is 17.9. The lowest BCUT2D eigenvalue weighted by molar-refractivity contribution is -0.113. The first-order chi connectivity index (χ1) is 16.9. The summed E-state index contributed by atoms with van der Waals surface area (Å²) in [4.78, 5) is 27.3. The molecule has 35 heavy (non-hydrogen) atoms. The summed E-state index contributed by atoms with van der Waals surface area (Å²) in [7, 11) is 4.47. The normalized spacial score (nSPS) is 14.2. The second-order valence-corrected chi connectivity index (χ2v) is 8.32. The van der Waals surface area contributed by atoms with Gasteiger partial charge in [0.05, 0.1) is 38.3 Å². The Balaban J connectivity index is 1.82. The molecule has 1 aliphatic heterocycles. The number of carbonyl (C=O) groups is 2. The molecule has 7 heteroatoms. The largest absolute Gasteiger partial charge is 0.493 e. The molecule has 1 aliphatic rings. The summed E-state index contributed by atoms with van der Waals surface area (Å²) in [6.45, 7) is 1.85. The third-order valence-corrected chi connectivity index (χ3v) is 5.96. The van der Waals surface area contributed by atoms with Crippen molar-refractivity contribution in [3.63, 3.8) is 0 Å². The van der Waals surface area contributed by atoms with Gasteiger partial charge in [-0.15, -0.1) is 0 Å². The summed E-state index contributed by atoms with van der Waals surface area (Å²) in [6.07, 6.45) is 3.65. The number of hydrogen-bond acceptors (Lipinski definition) is 5. The molecule has 178 valence electrons. The van der Waals surface area contributed by atoms with Crippen molar-refractivity contribution in [1.29, 1.82) is 0 Å². The number of benzene rings is 3. The standard InChI is InChI=1S/C28H24ClNO5/c1-17-13-20(28(32)35-4)8-11-23(17)30-24(19-6-9-22(29)10-7-19)16-21(27(30)31)14-18-5-12-25(33-2)26(15-18)34-3/h5-16H,1-4H3/b21-14+. The average molecular weight is 490 g/mol. The molecule has 6 nitrogen and oxygen atoms in total. The van der Waals surface area contributed by atoms with Crippen molar-refractivity contribution in [3.05, 3.63) is 99.6 Å². The van der Waals surface area contributed by atoms with E-state index in [9.17, 15) is 9.59 Å². The van der Waals surface area contributed by atoms with Crippen molar-refractivity contribution in [1.82, 2.24) is 0 Å². The van der Waals surface area contributed by atoms with Crippen molar-refractivity contribution < 1.29 is 23.8 Å². The van der Waals surface area contributed by atoms with Gasteiger partial charge in [-0.25, -0.2) is 4.79 Å². The lowest BCUT2D eigenvalue weighted by Crippen LogP contribution is -2.26. The third kappa shape index (κ3) is 4.79. The SMILES string of the molecule is COC(=O)c1ccc(N2C(=O)/C(=C/c3ccc(OC)c(OC)c3)C=C2c2ccc(Cl)cc2)c(C)c1. The Bertz CT molecular complexity index is 1360. The molecule has 3 aromatic carbocycles. The zero-order valence-corrected chi connectivity index (χ0v) is 20.6. The van der Waals surface area contributed by atoms with Crippen molar-refractivity contribution in [2.75, 3.05) is 26.2 Å². The van der Waals surface area contributed by atoms with Crippen LogP contribution in [-0.4, -0.2) is 33.2 Å². The van der Waals surface area contributed by atoms with E-state index in [1.54, 1.807) is 61.6 Å². The highest BCUT2D eigenvalue weighted by atomic mass is 35.5. The second-order valence-electron chi connectivity index (χ2n) is 7.88. The van der Waals surface area contributed by atoms with Crippen LogP contribution in [0, 0.1) is 6.92 Å². The Morgan fingerprint density at radius 1 is 0.914 bits per heavy atom. The van der Waals surface area contributed by atoms with Crippen LogP contribution in [-0.2, 0) is 9.53 Å². The molecule has 0 radical (unpaired) electrons. The quantitative estimate of drug-likeness (QED) is 0.317. The van der Waals surface area contributed by atoms with E-state index in [1.165, 1.54) is 7.11 Å². The van der Waals surface area contributed by atoms with Gasteiger partial charge in [0.1, 0.15) is 0 Å². The molecule has 0 aliphatic carbocycles. The van der Waals surface area contributed by atoms with Gasteiger partial charge in [-0.1, -0.05) is 29.8 Å². The molecule has 0 N–H and O–H groups in total. The van der Waals surface area contributed by atoms with Crippen LogP contribution in [0.2, 0.25) is 5.02 Å². The first kappa shape index (κ1) is 24.1. The van der Waals surface area contributed by atoms with E-state index < -0.39 is 5.97 Å². The van der Waals surface area contributed by atoms with Crippen LogP contribution in [0.1, 0.15) is 27.0 Å². The molecule has 0 spiro atoms. The number of nitrogens with zero attached hydrogens (tertiary/aromatic N) is 1. The van der Waals surface area contributed by atoms with Crippen molar-refractivity contribution in [3.8, 4) is 11.5 Å². The van der Waals surface area contributed by atoms with Gasteiger partial charge in [0, 0.05) is 10.6 Å². The Hall–Kier alpha value is -4.03. The highest BCUT2D eigenvalue weighted by Gasteiger charge is 2.31. The predicted octanol–water partition coefficient (Wildman–Crippen LogP) is 5.92. The Morgan fingerprint density at radius 3 is 2.26 bits per heavy atom. The van der Waals surface area contributed by atoms with Gasteiger partial charge < -0.3 is 14.2 Å². The molecule has 0 fully saturated rings. The van der Waals surface area contributed by atoms with Crippen LogP contribution in [0.5, 0.6) is 11.5 Å². The van der Waals surface area contributed by atoms with Crippen molar-refractivity contribution >= 4 is 40.9 Å². The molecule has 1 heterocycles. The number of esters is 1. The van der Waals surface area contributed by atoms with Crippen molar-refractivity contribution in [2.24, 2.45) is 0 Å². The highest BCUT2D eigenvalue weighted by molar-refractivity contribution is 6.30. The maximum atomic E-state index is 13.7. The summed E-state index contributed by atoms with van der Waals surface area (Å²) in [5, 5.41) is 0.602. The van der Waals surface area contributed by atoms with Gasteiger partial charge in [0.25, 0.3) is 5.91 Å². The van der Waals surface area contributed by atoms with Crippen LogP contribution >= 0.6 is 11.6 Å². The summed E-state index contributed by atoms with van der Waals surface area (Å²) in [5.74, 6) is 0.543. The first-order valence-corrected chi connectivity index (χ1v) is 11.2. The van der Waals surface area contributed by atoms with Crippen LogP contribution in [0.25, 0.3) is 11.8 Å². The molecule has 0 unspecified atom stereocenters. The van der Waals surface area contributed by atoms with Gasteiger partial charge in [0.15, 0.2) is 11.5 Å². The minimum atomic E-state index is -0.435. The molecular weight excluding hydrogens is 466 g/mol. The summed E-state index contributed by atoms with van der Waals surface area (Å²) < 4.78 is 15.5. The zero-order valence-electron chi connectivity index (χ0n) is 19.8. The Labute approximate surface area is 209 Å². The van der Waals surface area contributed by atoms with E-state index in [-0.39, 0.29) is 5.91 Å². The molecule has 0 saturated heterocycles. The fourth-order valence-electron chi connectivity index (χ4n) is 3.96. The van der Waals surface area contributed by atoms with Crippen LogP contribution in [0.4, 0.5) is 5.69 Å². The van der Waals surface area contributed by atoms with Crippen molar-refractivity contribution in [2.45, 2.75) is 6.92 Å². The molecule has 1 amide bonds. The Kier molecular flexibility index (Phi) is 6.94. The lowest BCUT2D eigenvalue weighted by Gasteiger charge is -2.23. The monoisotopic (exact) mass is 489 g/mol. The number of ether oxygens (including phenoxy) is 3. The maximum Gasteiger partial charge on any atom is 0.337 e. The smallest absolute Gasteiger partial charge is 0.337 e. The predicted molar refractivity (Wildman–Crippen MR) is 137 cm³/mol. The third-order valence-electron chi connectivity index (χ3n) is 5.71. The van der Waals surface area contributed by atoms with E-state index in [0.717, 1.165) is 16.7 Å². The minimum absolute atomic E-state index is 0.196. The number of aryl methyl sites for hydroxylation is 1. The van der Waals surface area contributed by atoms with Crippen LogP contribution in [0.3, 0.4) is 0 Å². The highest BCUT2D eigenvalue weighted by Crippen LogP contribution is 2.38. The lowest BCUT2D eigenvalue weighted by atomic mass is 10.1. The molecule has 0 saturated carbocycles. The number of amides is 1. The van der Waals surface area contributed by atoms with E-state index >= 15 is 0 Å². The fourth-order valence-corrected chi connectivity index (χ4v) is 4.09. The number of rotatable bonds is 6. The van der Waals surface area contributed by atoms with E-state index in [1.807, 2.05) is 37.3 Å². The summed E-state index contributed by atoms with van der Waals surface area (Å²) >= 11 is 6.10. The van der Waals surface area contributed by atoms with Crippen LogP contribution < -0.4 is 14.4 Å². The van der Waals surface area contributed by atoms with Gasteiger partial charge in [0.2, 0.25) is 0 Å². The van der Waals surface area contributed by atoms with Gasteiger partial charge in [-0.05, 0) is 78.2 Å². The number of hydrogen-bond donors (Lipinski definition) is 0. The number of halogens is 1. The maximum absolute atomic E-state index is 13.7. The number of anilines is 1. The van der Waals surface area contributed by atoms with Gasteiger partial charge in [-0.2, -0.15) is 0 Å². The molecule has 0 atom stereocenters. The van der Waals surface area contributed by atoms with E-state index in [2.05, 4.69) is 0 Å². The molecule has 0 bridgehead atoms. The number of carbonyl (C=O) groups excluding carboxylic acids is 2. The van der Waals surface area contributed by atoms with Gasteiger partial charge >= 0.3 is 5.97 Å². The average Bonchev–Trinajstić information content (AvgIpc) is 3.19. The zero-order chi connectivity index (χ0) is 25.1. The molecular formula is C28H24ClNO5. The summed E-state index contributed by atoms with van der Waals surface area (Å²) in [5.41, 5.74) is 4.66. The Morgan fingerprint density at radius 2 is 1.63 bits per heavy atom. The first-order valence-electron chi connectivity index (χ1n) is 10.8. The second kappa shape index (κ2) is 10.1. The van der Waals surface area contributed by atoms with Crippen LogP contribution in [0.15, 0.2) is 72.3 Å². The molecule has 4 rings (SSSR count). The van der Waals surface area contributed by atoms with Gasteiger partial charge in [-0.3, -0.25) is 9.69 Å².